The third kappa shape index (κ3) is 4.59. The highest BCUT2D eigenvalue weighted by Crippen LogP contribution is 2.37. The molecule has 7 heteroatoms. The van der Waals surface area contributed by atoms with Crippen LogP contribution in [0.5, 0.6) is 5.75 Å². The van der Waals surface area contributed by atoms with E-state index >= 15 is 0 Å². The molecule has 2 aliphatic heterocycles. The van der Waals surface area contributed by atoms with Gasteiger partial charge in [-0.15, -0.1) is 0 Å². The molecule has 0 spiro atoms. The summed E-state index contributed by atoms with van der Waals surface area (Å²) in [4.78, 5) is 30.8. The number of benzene rings is 1. The van der Waals surface area contributed by atoms with Gasteiger partial charge in [0, 0.05) is 58.2 Å². The van der Waals surface area contributed by atoms with Crippen LogP contribution in [0.3, 0.4) is 0 Å². The second kappa shape index (κ2) is 8.71. The molecule has 27 heavy (non-hydrogen) atoms. The molecule has 148 valence electrons. The molecule has 2 heterocycles. The van der Waals surface area contributed by atoms with Gasteiger partial charge in [-0.3, -0.25) is 9.59 Å². The zero-order chi connectivity index (χ0) is 19.4. The number of aliphatic carboxylic acids is 1. The van der Waals surface area contributed by atoms with E-state index in [4.69, 9.17) is 4.74 Å². The van der Waals surface area contributed by atoms with Crippen LogP contribution >= 0.6 is 0 Å². The number of likely N-dealkylation sites (N-methyl/N-ethyl adjacent to an activating group) is 1. The van der Waals surface area contributed by atoms with Crippen LogP contribution in [0, 0.1) is 5.92 Å². The quantitative estimate of drug-likeness (QED) is 0.798. The Labute approximate surface area is 160 Å². The number of carboxylic acid groups (broad SMARTS) is 1. The topological polar surface area (TPSA) is 73.3 Å². The minimum atomic E-state index is -0.861. The highest BCUT2D eigenvalue weighted by molar-refractivity contribution is 5.80. The van der Waals surface area contributed by atoms with E-state index in [-0.39, 0.29) is 18.4 Å². The van der Waals surface area contributed by atoms with Crippen molar-refractivity contribution in [3.63, 3.8) is 0 Å². The lowest BCUT2D eigenvalue weighted by Crippen LogP contribution is -2.45. The van der Waals surface area contributed by atoms with Crippen molar-refractivity contribution >= 4 is 11.9 Å². The van der Waals surface area contributed by atoms with Crippen LogP contribution in [0.15, 0.2) is 24.3 Å². The van der Waals surface area contributed by atoms with E-state index in [0.717, 1.165) is 38.3 Å². The molecule has 0 bridgehead atoms. The summed E-state index contributed by atoms with van der Waals surface area (Å²) in [6.45, 7) is 5.43. The maximum Gasteiger partial charge on any atom is 0.308 e. The van der Waals surface area contributed by atoms with Crippen LogP contribution in [-0.2, 0) is 9.59 Å². The standard InChI is InChI=1S/C20H29N3O4/c1-21-9-11-22(12-10-21)8-7-19(24)23-13-16(17(14-23)20(25)26)15-5-3-4-6-18(15)27-2/h3-6,16-17H,7-14H2,1-2H3,(H,25,26)/t16-,17+/m1/s1. The van der Waals surface area contributed by atoms with Gasteiger partial charge in [-0.2, -0.15) is 0 Å². The third-order valence-electron chi connectivity index (χ3n) is 5.77. The summed E-state index contributed by atoms with van der Waals surface area (Å²) >= 11 is 0. The lowest BCUT2D eigenvalue weighted by Gasteiger charge is -2.32. The number of methoxy groups -OCH3 is 1. The van der Waals surface area contributed by atoms with Gasteiger partial charge in [0.05, 0.1) is 13.0 Å². The second-order valence-electron chi connectivity index (χ2n) is 7.49. The summed E-state index contributed by atoms with van der Waals surface area (Å²) in [6.07, 6.45) is 0.439. The molecule has 0 aromatic heterocycles. The average Bonchev–Trinajstić information content (AvgIpc) is 3.13. The summed E-state index contributed by atoms with van der Waals surface area (Å²) in [6, 6.07) is 7.49. The molecule has 2 aliphatic rings. The van der Waals surface area contributed by atoms with Gasteiger partial charge in [0.2, 0.25) is 5.91 Å². The summed E-state index contributed by atoms with van der Waals surface area (Å²) < 4.78 is 5.41. The lowest BCUT2D eigenvalue weighted by atomic mass is 9.88. The number of carbonyl (C=O) groups is 2. The zero-order valence-corrected chi connectivity index (χ0v) is 16.1. The van der Waals surface area contributed by atoms with Crippen molar-refractivity contribution in [1.29, 1.82) is 0 Å². The third-order valence-corrected chi connectivity index (χ3v) is 5.77. The average molecular weight is 375 g/mol. The summed E-state index contributed by atoms with van der Waals surface area (Å²) in [5, 5.41) is 9.68. The molecule has 0 unspecified atom stereocenters. The Morgan fingerprint density at radius 2 is 1.85 bits per heavy atom. The highest BCUT2D eigenvalue weighted by atomic mass is 16.5. The Balaban J connectivity index is 1.63. The molecule has 1 aromatic rings. The number of hydrogen-bond acceptors (Lipinski definition) is 5. The Kier molecular flexibility index (Phi) is 6.34. The van der Waals surface area contributed by atoms with Crippen LogP contribution in [-0.4, -0.2) is 91.7 Å². The number of nitrogens with zero attached hydrogens (tertiary/aromatic N) is 3. The first-order valence-electron chi connectivity index (χ1n) is 9.54. The summed E-state index contributed by atoms with van der Waals surface area (Å²) in [5.41, 5.74) is 0.863. The normalized spacial score (nSPS) is 24.1. The molecule has 1 N–H and O–H groups in total. The van der Waals surface area contributed by atoms with Crippen molar-refractivity contribution in [3.05, 3.63) is 29.8 Å². The van der Waals surface area contributed by atoms with Crippen molar-refractivity contribution in [1.82, 2.24) is 14.7 Å². The minimum absolute atomic E-state index is 0.0394. The van der Waals surface area contributed by atoms with Gasteiger partial charge in [0.15, 0.2) is 0 Å². The molecule has 7 nitrogen and oxygen atoms in total. The highest BCUT2D eigenvalue weighted by Gasteiger charge is 2.41. The number of ether oxygens (including phenoxy) is 1. The van der Waals surface area contributed by atoms with E-state index in [2.05, 4.69) is 16.8 Å². The van der Waals surface area contributed by atoms with Crippen LogP contribution < -0.4 is 4.74 Å². The van der Waals surface area contributed by atoms with E-state index < -0.39 is 11.9 Å². The number of carbonyl (C=O) groups excluding carboxylic acids is 1. The Hall–Kier alpha value is -2.12. The molecule has 3 rings (SSSR count). The summed E-state index contributed by atoms with van der Waals surface area (Å²) in [5.74, 6) is -0.988. The van der Waals surface area contributed by atoms with E-state index in [0.29, 0.717) is 18.7 Å². The van der Waals surface area contributed by atoms with E-state index in [1.54, 1.807) is 12.0 Å². The number of amides is 1. The zero-order valence-electron chi connectivity index (χ0n) is 16.1. The predicted molar refractivity (Wildman–Crippen MR) is 102 cm³/mol. The molecular weight excluding hydrogens is 346 g/mol. The van der Waals surface area contributed by atoms with Gasteiger partial charge in [0.1, 0.15) is 5.75 Å². The molecule has 1 amide bonds. The maximum absolute atomic E-state index is 12.7. The molecule has 0 radical (unpaired) electrons. The largest absolute Gasteiger partial charge is 0.496 e. The lowest BCUT2D eigenvalue weighted by molar-refractivity contribution is -0.141. The van der Waals surface area contributed by atoms with Gasteiger partial charge in [-0.05, 0) is 18.7 Å². The first kappa shape index (κ1) is 19.6. The number of para-hydroxylation sites is 1. The van der Waals surface area contributed by atoms with Crippen LogP contribution in [0.4, 0.5) is 0 Å². The van der Waals surface area contributed by atoms with Crippen LogP contribution in [0.1, 0.15) is 17.9 Å². The maximum atomic E-state index is 12.7. The number of likely N-dealkylation sites (tertiary alicyclic amines) is 1. The molecular formula is C20H29N3O4. The Morgan fingerprint density at radius 3 is 2.52 bits per heavy atom. The molecule has 0 aliphatic carbocycles. The molecule has 2 fully saturated rings. The Morgan fingerprint density at radius 1 is 1.15 bits per heavy atom. The van der Waals surface area contributed by atoms with Crippen molar-refractivity contribution < 1.29 is 19.4 Å². The molecule has 1 aromatic carbocycles. The molecule has 0 saturated carbocycles. The SMILES string of the molecule is COc1ccccc1[C@H]1CN(C(=O)CCN2CCN(C)CC2)C[C@@H]1C(=O)O. The first-order chi connectivity index (χ1) is 13.0. The molecule has 2 saturated heterocycles. The second-order valence-corrected chi connectivity index (χ2v) is 7.49. The van der Waals surface area contributed by atoms with Gasteiger partial charge in [-0.1, -0.05) is 18.2 Å². The number of piperazine rings is 1. The predicted octanol–water partition coefficient (Wildman–Crippen LogP) is 0.959. The van der Waals surface area contributed by atoms with Crippen molar-refractivity contribution in [2.45, 2.75) is 12.3 Å². The number of rotatable bonds is 6. The van der Waals surface area contributed by atoms with Crippen molar-refractivity contribution in [2.24, 2.45) is 5.92 Å². The fraction of sp³-hybridized carbons (Fsp3) is 0.600. The molecule has 2 atom stereocenters. The van der Waals surface area contributed by atoms with Gasteiger partial charge in [-0.25, -0.2) is 0 Å². The van der Waals surface area contributed by atoms with Gasteiger partial charge >= 0.3 is 5.97 Å². The van der Waals surface area contributed by atoms with Crippen LogP contribution in [0.25, 0.3) is 0 Å². The van der Waals surface area contributed by atoms with Crippen molar-refractivity contribution in [3.8, 4) is 5.75 Å². The first-order valence-corrected chi connectivity index (χ1v) is 9.54. The Bertz CT molecular complexity index is 673. The fourth-order valence-electron chi connectivity index (χ4n) is 4.03. The number of carboxylic acids is 1. The van der Waals surface area contributed by atoms with Crippen LogP contribution in [0.2, 0.25) is 0 Å². The van der Waals surface area contributed by atoms with Crippen molar-refractivity contribution in [2.75, 3.05) is 60.0 Å². The van der Waals surface area contributed by atoms with E-state index in [1.165, 1.54) is 0 Å². The van der Waals surface area contributed by atoms with E-state index in [9.17, 15) is 14.7 Å². The fourth-order valence-corrected chi connectivity index (χ4v) is 4.03. The van der Waals surface area contributed by atoms with Gasteiger partial charge in [0.25, 0.3) is 0 Å². The monoisotopic (exact) mass is 375 g/mol. The minimum Gasteiger partial charge on any atom is -0.496 e. The number of hydrogen-bond donors (Lipinski definition) is 1. The summed E-state index contributed by atoms with van der Waals surface area (Å²) in [7, 11) is 3.69. The smallest absolute Gasteiger partial charge is 0.308 e. The van der Waals surface area contributed by atoms with Gasteiger partial charge < -0.3 is 24.5 Å². The van der Waals surface area contributed by atoms with E-state index in [1.807, 2.05) is 24.3 Å².